The maximum Gasteiger partial charge on any atom is 0.389 e. The van der Waals surface area contributed by atoms with E-state index in [0.717, 1.165) is 20.0 Å². The van der Waals surface area contributed by atoms with E-state index in [1.165, 1.54) is 0 Å². The Balaban J connectivity index is 2.92. The van der Waals surface area contributed by atoms with Crippen LogP contribution in [0.2, 0.25) is 0 Å². The minimum absolute atomic E-state index is 0.334. The Kier molecular flexibility index (Phi) is 5.42. The van der Waals surface area contributed by atoms with Crippen LogP contribution in [0.4, 0.5) is 13.2 Å². The van der Waals surface area contributed by atoms with Crippen molar-refractivity contribution in [1.82, 2.24) is 0 Å². The molecule has 0 aromatic carbocycles. The normalized spacial score (nSPS) is 19.6. The van der Waals surface area contributed by atoms with Crippen molar-refractivity contribution in [2.75, 3.05) is 7.11 Å². The maximum absolute atomic E-state index is 12.2. The average Bonchev–Trinajstić information content (AvgIpc) is 2.86. The first-order valence-corrected chi connectivity index (χ1v) is 6.62. The Morgan fingerprint density at radius 1 is 1.20 bits per heavy atom. The molecule has 0 amide bonds. The van der Waals surface area contributed by atoms with Gasteiger partial charge in [-0.3, -0.25) is 9.59 Å². The summed E-state index contributed by atoms with van der Waals surface area (Å²) in [6, 6.07) is 0. The Morgan fingerprint density at radius 2 is 1.75 bits per heavy atom. The number of alkyl halides is 3. The summed E-state index contributed by atoms with van der Waals surface area (Å²) in [6.07, 6.45) is -3.52. The fourth-order valence-corrected chi connectivity index (χ4v) is 3.01. The number of hydrogen-bond donors (Lipinski definition) is 1. The molecule has 0 radical (unpaired) electrons. The first kappa shape index (κ1) is 16.8. The first-order valence-electron chi connectivity index (χ1n) is 6.62. The summed E-state index contributed by atoms with van der Waals surface area (Å²) in [6.45, 7) is 0. The highest BCUT2D eigenvalue weighted by Gasteiger charge is 2.53. The smallest absolute Gasteiger partial charge is 0.389 e. The van der Waals surface area contributed by atoms with Gasteiger partial charge in [0.05, 0.1) is 7.11 Å². The van der Waals surface area contributed by atoms with E-state index in [0.29, 0.717) is 12.8 Å². The number of carboxylic acid groups (broad SMARTS) is 1. The standard InChI is InChI=1S/C13H19F3O4/c1-20-11(19)12(10(17)18,9-5-2-3-6-9)7-4-8-13(14,15)16/h9H,2-8H2,1H3,(H,17,18). The van der Waals surface area contributed by atoms with Crippen molar-refractivity contribution >= 4 is 11.9 Å². The van der Waals surface area contributed by atoms with Crippen molar-refractivity contribution in [3.05, 3.63) is 0 Å². The van der Waals surface area contributed by atoms with E-state index >= 15 is 0 Å². The number of methoxy groups -OCH3 is 1. The summed E-state index contributed by atoms with van der Waals surface area (Å²) in [5.41, 5.74) is -1.84. The molecule has 20 heavy (non-hydrogen) atoms. The molecule has 1 atom stereocenters. The molecule has 1 fully saturated rings. The van der Waals surface area contributed by atoms with Gasteiger partial charge in [0.25, 0.3) is 0 Å². The number of aliphatic carboxylic acids is 1. The van der Waals surface area contributed by atoms with Gasteiger partial charge in [0, 0.05) is 6.42 Å². The van der Waals surface area contributed by atoms with E-state index in [1.54, 1.807) is 0 Å². The molecule has 0 bridgehead atoms. The van der Waals surface area contributed by atoms with Gasteiger partial charge in [-0.2, -0.15) is 13.2 Å². The van der Waals surface area contributed by atoms with Crippen LogP contribution in [0.25, 0.3) is 0 Å². The van der Waals surface area contributed by atoms with Crippen LogP contribution in [0, 0.1) is 11.3 Å². The summed E-state index contributed by atoms with van der Waals surface area (Å²) in [4.78, 5) is 23.5. The molecule has 0 aliphatic heterocycles. The summed E-state index contributed by atoms with van der Waals surface area (Å²) in [5, 5.41) is 9.43. The van der Waals surface area contributed by atoms with Crippen LogP contribution in [0.1, 0.15) is 44.9 Å². The molecule has 0 aromatic heterocycles. The second-order valence-corrected chi connectivity index (χ2v) is 5.22. The third-order valence-electron chi connectivity index (χ3n) is 4.01. The molecule has 1 rings (SSSR count). The highest BCUT2D eigenvalue weighted by Crippen LogP contribution is 2.45. The predicted molar refractivity (Wildman–Crippen MR) is 63.9 cm³/mol. The SMILES string of the molecule is COC(=O)C(CCCC(F)(F)F)(C(=O)O)C1CCCC1. The van der Waals surface area contributed by atoms with Crippen LogP contribution >= 0.6 is 0 Å². The molecule has 7 heteroatoms. The average molecular weight is 296 g/mol. The second-order valence-electron chi connectivity index (χ2n) is 5.22. The van der Waals surface area contributed by atoms with Crippen molar-refractivity contribution in [2.45, 2.75) is 51.1 Å². The molecule has 1 aliphatic rings. The fourth-order valence-electron chi connectivity index (χ4n) is 3.01. The molecule has 0 heterocycles. The molecule has 1 saturated carbocycles. The monoisotopic (exact) mass is 296 g/mol. The zero-order valence-corrected chi connectivity index (χ0v) is 11.3. The molecule has 1 aliphatic carbocycles. The summed E-state index contributed by atoms with van der Waals surface area (Å²) in [5.74, 6) is -2.75. The lowest BCUT2D eigenvalue weighted by Gasteiger charge is -2.32. The lowest BCUT2D eigenvalue weighted by Crippen LogP contribution is -2.46. The number of carbonyl (C=O) groups excluding carboxylic acids is 1. The van der Waals surface area contributed by atoms with Crippen LogP contribution in [-0.4, -0.2) is 30.3 Å². The number of hydrogen-bond acceptors (Lipinski definition) is 3. The van der Waals surface area contributed by atoms with Crippen LogP contribution in [0.3, 0.4) is 0 Å². The molecule has 0 saturated heterocycles. The number of carboxylic acids is 1. The number of carbonyl (C=O) groups is 2. The Morgan fingerprint density at radius 3 is 2.15 bits per heavy atom. The van der Waals surface area contributed by atoms with Gasteiger partial charge in [-0.05, 0) is 31.6 Å². The minimum Gasteiger partial charge on any atom is -0.480 e. The van der Waals surface area contributed by atoms with E-state index in [9.17, 15) is 27.9 Å². The molecule has 4 nitrogen and oxygen atoms in total. The second kappa shape index (κ2) is 6.45. The van der Waals surface area contributed by atoms with Gasteiger partial charge in [-0.25, -0.2) is 0 Å². The molecule has 0 aromatic rings. The first-order chi connectivity index (χ1) is 9.24. The van der Waals surface area contributed by atoms with E-state index in [2.05, 4.69) is 4.74 Å². The summed E-state index contributed by atoms with van der Waals surface area (Å²) >= 11 is 0. The number of ether oxygens (including phenoxy) is 1. The van der Waals surface area contributed by atoms with Crippen molar-refractivity contribution in [3.8, 4) is 0 Å². The quantitative estimate of drug-likeness (QED) is 0.604. The van der Waals surface area contributed by atoms with Crippen LogP contribution in [0.5, 0.6) is 0 Å². The summed E-state index contributed by atoms with van der Waals surface area (Å²) in [7, 11) is 1.07. The van der Waals surface area contributed by atoms with Gasteiger partial charge in [0.15, 0.2) is 5.41 Å². The van der Waals surface area contributed by atoms with E-state index < -0.39 is 35.9 Å². The van der Waals surface area contributed by atoms with Gasteiger partial charge >= 0.3 is 18.1 Å². The van der Waals surface area contributed by atoms with Crippen LogP contribution in [-0.2, 0) is 14.3 Å². The number of halogens is 3. The molecule has 116 valence electrons. The highest BCUT2D eigenvalue weighted by molar-refractivity contribution is 5.99. The number of esters is 1. The minimum atomic E-state index is -4.35. The van der Waals surface area contributed by atoms with Crippen LogP contribution < -0.4 is 0 Å². The Labute approximate surface area is 115 Å². The van der Waals surface area contributed by atoms with Crippen molar-refractivity contribution in [1.29, 1.82) is 0 Å². The van der Waals surface area contributed by atoms with Gasteiger partial charge < -0.3 is 9.84 Å². The van der Waals surface area contributed by atoms with E-state index in [1.807, 2.05) is 0 Å². The topological polar surface area (TPSA) is 63.6 Å². The van der Waals surface area contributed by atoms with Crippen molar-refractivity contribution in [2.24, 2.45) is 11.3 Å². The van der Waals surface area contributed by atoms with Crippen molar-refractivity contribution in [3.63, 3.8) is 0 Å². The lowest BCUT2D eigenvalue weighted by atomic mass is 9.70. The predicted octanol–water partition coefficient (Wildman–Crippen LogP) is 3.15. The largest absolute Gasteiger partial charge is 0.480 e. The highest BCUT2D eigenvalue weighted by atomic mass is 19.4. The Hall–Kier alpha value is -1.27. The zero-order valence-electron chi connectivity index (χ0n) is 11.3. The number of rotatable bonds is 6. The van der Waals surface area contributed by atoms with Crippen molar-refractivity contribution < 1.29 is 32.6 Å². The van der Waals surface area contributed by atoms with Gasteiger partial charge in [-0.15, -0.1) is 0 Å². The Bertz CT molecular complexity index is 361. The van der Waals surface area contributed by atoms with Crippen LogP contribution in [0.15, 0.2) is 0 Å². The third-order valence-corrected chi connectivity index (χ3v) is 4.01. The fraction of sp³-hybridized carbons (Fsp3) is 0.846. The molecule has 0 spiro atoms. The third kappa shape index (κ3) is 3.64. The molecular formula is C13H19F3O4. The molecule has 1 unspecified atom stereocenters. The van der Waals surface area contributed by atoms with Gasteiger partial charge in [0.1, 0.15) is 0 Å². The summed E-state index contributed by atoms with van der Waals surface area (Å²) < 4.78 is 41.3. The van der Waals surface area contributed by atoms with Gasteiger partial charge in [-0.1, -0.05) is 12.8 Å². The van der Waals surface area contributed by atoms with E-state index in [4.69, 9.17) is 0 Å². The zero-order chi connectivity index (χ0) is 15.4. The molecule has 1 N–H and O–H groups in total. The van der Waals surface area contributed by atoms with E-state index in [-0.39, 0.29) is 12.8 Å². The van der Waals surface area contributed by atoms with Gasteiger partial charge in [0.2, 0.25) is 0 Å². The molecular weight excluding hydrogens is 277 g/mol. The lowest BCUT2D eigenvalue weighted by molar-refractivity contribution is -0.174. The maximum atomic E-state index is 12.2.